The van der Waals surface area contributed by atoms with Crippen LogP contribution in [0.4, 0.5) is 14.0 Å². The standard InChI is InChI=1S/C16H23FN4O3/c1-24-16(23)21-10-8-20(9-11-21)7-6-18-15(22)19-12-13-2-4-14(17)5-3-13/h2-5H,6-12H2,1H3,(H2,18,19,22). The van der Waals surface area contributed by atoms with E-state index < -0.39 is 0 Å². The molecule has 2 rings (SSSR count). The molecule has 7 nitrogen and oxygen atoms in total. The van der Waals surface area contributed by atoms with Crippen LogP contribution >= 0.6 is 0 Å². The molecule has 0 bridgehead atoms. The molecule has 1 aliphatic rings. The van der Waals surface area contributed by atoms with Gasteiger partial charge in [0.25, 0.3) is 0 Å². The molecule has 0 saturated carbocycles. The van der Waals surface area contributed by atoms with Crippen molar-refractivity contribution < 1.29 is 18.7 Å². The molecular formula is C16H23FN4O3. The van der Waals surface area contributed by atoms with Gasteiger partial charge in [-0.15, -0.1) is 0 Å². The summed E-state index contributed by atoms with van der Waals surface area (Å²) in [6.07, 6.45) is -0.298. The van der Waals surface area contributed by atoms with Crippen molar-refractivity contribution >= 4 is 12.1 Å². The summed E-state index contributed by atoms with van der Waals surface area (Å²) >= 11 is 0. The van der Waals surface area contributed by atoms with Gasteiger partial charge in [0.2, 0.25) is 0 Å². The van der Waals surface area contributed by atoms with Crippen LogP contribution in [-0.4, -0.2) is 68.3 Å². The average molecular weight is 338 g/mol. The lowest BCUT2D eigenvalue weighted by atomic mass is 10.2. The van der Waals surface area contributed by atoms with Gasteiger partial charge in [0.1, 0.15) is 5.82 Å². The summed E-state index contributed by atoms with van der Waals surface area (Å²) in [5, 5.41) is 5.51. The van der Waals surface area contributed by atoms with Crippen molar-refractivity contribution in [2.45, 2.75) is 6.54 Å². The third-order valence-corrected chi connectivity index (χ3v) is 3.89. The van der Waals surface area contributed by atoms with E-state index in [-0.39, 0.29) is 17.9 Å². The molecule has 0 aromatic heterocycles. The predicted octanol–water partition coefficient (Wildman–Crippen LogP) is 1.01. The highest BCUT2D eigenvalue weighted by Crippen LogP contribution is 2.03. The van der Waals surface area contributed by atoms with Gasteiger partial charge in [0, 0.05) is 45.8 Å². The van der Waals surface area contributed by atoms with Crippen molar-refractivity contribution in [3.63, 3.8) is 0 Å². The zero-order chi connectivity index (χ0) is 17.4. The monoisotopic (exact) mass is 338 g/mol. The number of methoxy groups -OCH3 is 1. The van der Waals surface area contributed by atoms with Gasteiger partial charge in [-0.2, -0.15) is 0 Å². The van der Waals surface area contributed by atoms with Crippen LogP contribution in [0.5, 0.6) is 0 Å². The smallest absolute Gasteiger partial charge is 0.409 e. The molecule has 0 atom stereocenters. The zero-order valence-electron chi connectivity index (χ0n) is 13.8. The second-order valence-electron chi connectivity index (χ2n) is 5.53. The number of nitrogens with zero attached hydrogens (tertiary/aromatic N) is 2. The van der Waals surface area contributed by atoms with Crippen LogP contribution in [0.25, 0.3) is 0 Å². The Morgan fingerprint density at radius 2 is 1.79 bits per heavy atom. The van der Waals surface area contributed by atoms with Crippen LogP contribution in [0, 0.1) is 5.82 Å². The van der Waals surface area contributed by atoms with E-state index in [4.69, 9.17) is 0 Å². The Bertz CT molecular complexity index is 545. The van der Waals surface area contributed by atoms with E-state index in [9.17, 15) is 14.0 Å². The lowest BCUT2D eigenvalue weighted by Crippen LogP contribution is -2.50. The molecule has 0 unspecified atom stereocenters. The Kier molecular flexibility index (Phi) is 6.80. The normalized spacial score (nSPS) is 15.0. The fourth-order valence-electron chi connectivity index (χ4n) is 2.46. The first-order valence-electron chi connectivity index (χ1n) is 7.90. The van der Waals surface area contributed by atoms with E-state index in [1.54, 1.807) is 17.0 Å². The average Bonchev–Trinajstić information content (AvgIpc) is 2.61. The second kappa shape index (κ2) is 9.07. The maximum atomic E-state index is 12.8. The van der Waals surface area contributed by atoms with E-state index in [1.807, 2.05) is 0 Å². The summed E-state index contributed by atoms with van der Waals surface area (Å²) in [7, 11) is 1.38. The van der Waals surface area contributed by atoms with E-state index >= 15 is 0 Å². The number of hydrogen-bond donors (Lipinski definition) is 2. The highest BCUT2D eigenvalue weighted by Gasteiger charge is 2.20. The number of nitrogens with one attached hydrogen (secondary N) is 2. The van der Waals surface area contributed by atoms with Gasteiger partial charge in [-0.1, -0.05) is 12.1 Å². The molecule has 8 heteroatoms. The highest BCUT2D eigenvalue weighted by molar-refractivity contribution is 5.73. The molecule has 1 aromatic rings. The summed E-state index contributed by atoms with van der Waals surface area (Å²) < 4.78 is 17.5. The summed E-state index contributed by atoms with van der Waals surface area (Å²) in [4.78, 5) is 27.0. The maximum absolute atomic E-state index is 12.8. The number of piperazine rings is 1. The lowest BCUT2D eigenvalue weighted by Gasteiger charge is -2.33. The number of benzene rings is 1. The molecule has 0 spiro atoms. The van der Waals surface area contributed by atoms with Gasteiger partial charge < -0.3 is 20.3 Å². The Hall–Kier alpha value is -2.35. The Labute approximate surface area is 140 Å². The van der Waals surface area contributed by atoms with Gasteiger partial charge in [-0.05, 0) is 17.7 Å². The number of amides is 3. The topological polar surface area (TPSA) is 73.9 Å². The molecule has 132 valence electrons. The SMILES string of the molecule is COC(=O)N1CCN(CCNC(=O)NCc2ccc(F)cc2)CC1. The largest absolute Gasteiger partial charge is 0.453 e. The third-order valence-electron chi connectivity index (χ3n) is 3.89. The molecule has 1 aromatic carbocycles. The van der Waals surface area contributed by atoms with Crippen molar-refractivity contribution in [1.82, 2.24) is 20.4 Å². The minimum Gasteiger partial charge on any atom is -0.453 e. The summed E-state index contributed by atoms with van der Waals surface area (Å²) in [5.41, 5.74) is 0.838. The van der Waals surface area contributed by atoms with E-state index in [2.05, 4.69) is 20.3 Å². The molecule has 0 aliphatic carbocycles. The van der Waals surface area contributed by atoms with Gasteiger partial charge >= 0.3 is 12.1 Å². The number of rotatable bonds is 5. The first kappa shape index (κ1) is 18.0. The number of hydrogen-bond acceptors (Lipinski definition) is 4. The first-order chi connectivity index (χ1) is 11.6. The molecular weight excluding hydrogens is 315 g/mol. The number of carbonyl (C=O) groups excluding carboxylic acids is 2. The number of halogens is 1. The number of carbonyl (C=O) groups is 2. The summed E-state index contributed by atoms with van der Waals surface area (Å²) in [6.45, 7) is 4.37. The molecule has 24 heavy (non-hydrogen) atoms. The molecule has 1 aliphatic heterocycles. The van der Waals surface area contributed by atoms with Crippen LogP contribution in [0.1, 0.15) is 5.56 Å². The van der Waals surface area contributed by atoms with Crippen LogP contribution in [0.2, 0.25) is 0 Å². The minimum absolute atomic E-state index is 0.257. The van der Waals surface area contributed by atoms with Crippen molar-refractivity contribution in [1.29, 1.82) is 0 Å². The Morgan fingerprint density at radius 1 is 1.12 bits per heavy atom. The van der Waals surface area contributed by atoms with Crippen LogP contribution in [0.3, 0.4) is 0 Å². The third kappa shape index (κ3) is 5.69. The molecule has 1 saturated heterocycles. The second-order valence-corrected chi connectivity index (χ2v) is 5.53. The first-order valence-corrected chi connectivity index (χ1v) is 7.90. The van der Waals surface area contributed by atoms with E-state index in [0.29, 0.717) is 26.2 Å². The van der Waals surface area contributed by atoms with Crippen molar-refractivity contribution in [3.05, 3.63) is 35.6 Å². The predicted molar refractivity (Wildman–Crippen MR) is 87.1 cm³/mol. The molecule has 1 fully saturated rings. The molecule has 1 heterocycles. The number of urea groups is 1. The maximum Gasteiger partial charge on any atom is 0.409 e. The van der Waals surface area contributed by atoms with Crippen molar-refractivity contribution in [2.24, 2.45) is 0 Å². The van der Waals surface area contributed by atoms with Gasteiger partial charge in [-0.3, -0.25) is 4.90 Å². The van der Waals surface area contributed by atoms with E-state index in [0.717, 1.165) is 25.2 Å². The molecule has 3 amide bonds. The zero-order valence-corrected chi connectivity index (χ0v) is 13.8. The van der Waals surface area contributed by atoms with Crippen molar-refractivity contribution in [3.8, 4) is 0 Å². The van der Waals surface area contributed by atoms with E-state index in [1.165, 1.54) is 19.2 Å². The van der Waals surface area contributed by atoms with Crippen molar-refractivity contribution in [2.75, 3.05) is 46.4 Å². The van der Waals surface area contributed by atoms with Gasteiger partial charge in [0.15, 0.2) is 0 Å². The Morgan fingerprint density at radius 3 is 2.42 bits per heavy atom. The fourth-order valence-corrected chi connectivity index (χ4v) is 2.46. The quantitative estimate of drug-likeness (QED) is 0.840. The molecule has 0 radical (unpaired) electrons. The highest BCUT2D eigenvalue weighted by atomic mass is 19.1. The van der Waals surface area contributed by atoms with Crippen LogP contribution in [-0.2, 0) is 11.3 Å². The van der Waals surface area contributed by atoms with Crippen LogP contribution < -0.4 is 10.6 Å². The lowest BCUT2D eigenvalue weighted by molar-refractivity contribution is 0.0915. The Balaban J connectivity index is 1.58. The summed E-state index contributed by atoms with van der Waals surface area (Å²) in [5.74, 6) is -0.296. The molecule has 2 N–H and O–H groups in total. The van der Waals surface area contributed by atoms with Gasteiger partial charge in [0.05, 0.1) is 7.11 Å². The van der Waals surface area contributed by atoms with Gasteiger partial charge in [-0.25, -0.2) is 14.0 Å². The number of ether oxygens (including phenoxy) is 1. The fraction of sp³-hybridized carbons (Fsp3) is 0.500. The minimum atomic E-state index is -0.298. The summed E-state index contributed by atoms with van der Waals surface area (Å²) in [6, 6.07) is 5.74. The van der Waals surface area contributed by atoms with Crippen LogP contribution in [0.15, 0.2) is 24.3 Å².